The van der Waals surface area contributed by atoms with Gasteiger partial charge in [-0.25, -0.2) is 5.43 Å². The Morgan fingerprint density at radius 3 is 2.35 bits per heavy atom. The first-order chi connectivity index (χ1) is 11.1. The van der Waals surface area contributed by atoms with Crippen LogP contribution in [0, 0.1) is 0 Å². The maximum absolute atomic E-state index is 11.7. The molecule has 128 valence electrons. The quantitative estimate of drug-likeness (QED) is 0.408. The first kappa shape index (κ1) is 19.2. The van der Waals surface area contributed by atoms with E-state index in [0.717, 1.165) is 24.8 Å². The van der Waals surface area contributed by atoms with Gasteiger partial charge in [0.2, 0.25) is 5.91 Å². The van der Waals surface area contributed by atoms with Crippen LogP contribution in [0.4, 0.5) is 0 Å². The largest absolute Gasteiger partial charge is 0.480 e. The molecule has 23 heavy (non-hydrogen) atoms. The van der Waals surface area contributed by atoms with Gasteiger partial charge >= 0.3 is 5.97 Å². The lowest BCUT2D eigenvalue weighted by atomic mass is 10.1. The van der Waals surface area contributed by atoms with Crippen molar-refractivity contribution in [1.29, 1.82) is 0 Å². The van der Waals surface area contributed by atoms with Crippen LogP contribution < -0.4 is 10.9 Å². The Bertz CT molecular complexity index is 463. The highest BCUT2D eigenvalue weighted by molar-refractivity contribution is 5.77. The SMILES string of the molecule is CCCCCCCCC(=O)NNC(Cc1ccccc1)C(=O)O. The molecular weight excluding hydrogens is 292 g/mol. The summed E-state index contributed by atoms with van der Waals surface area (Å²) in [4.78, 5) is 23.0. The number of carbonyl (C=O) groups is 2. The van der Waals surface area contributed by atoms with Gasteiger partial charge in [-0.15, -0.1) is 0 Å². The number of rotatable bonds is 12. The molecule has 0 fully saturated rings. The summed E-state index contributed by atoms with van der Waals surface area (Å²) in [7, 11) is 0. The number of benzene rings is 1. The van der Waals surface area contributed by atoms with Crippen LogP contribution in [-0.2, 0) is 16.0 Å². The lowest BCUT2D eigenvalue weighted by molar-refractivity contribution is -0.140. The molecule has 0 radical (unpaired) electrons. The standard InChI is InChI=1S/C18H28N2O3/c1-2-3-4-5-6-10-13-17(21)20-19-16(18(22)23)14-15-11-8-7-9-12-15/h7-9,11-12,16,19H,2-6,10,13-14H2,1H3,(H,20,21)(H,22,23). The van der Waals surface area contributed by atoms with E-state index >= 15 is 0 Å². The minimum Gasteiger partial charge on any atom is -0.480 e. The van der Waals surface area contributed by atoms with Crippen LogP contribution in [-0.4, -0.2) is 23.0 Å². The summed E-state index contributed by atoms with van der Waals surface area (Å²) in [6, 6.07) is 8.53. The number of carboxylic acids is 1. The average molecular weight is 320 g/mol. The second-order valence-electron chi connectivity index (χ2n) is 5.79. The highest BCUT2D eigenvalue weighted by atomic mass is 16.4. The zero-order chi connectivity index (χ0) is 16.9. The van der Waals surface area contributed by atoms with Crippen molar-refractivity contribution in [2.75, 3.05) is 0 Å². The summed E-state index contributed by atoms with van der Waals surface area (Å²) >= 11 is 0. The number of hydrazine groups is 1. The molecule has 1 rings (SSSR count). The third-order valence-corrected chi connectivity index (χ3v) is 3.72. The number of amides is 1. The van der Waals surface area contributed by atoms with Gasteiger partial charge in [0.1, 0.15) is 6.04 Å². The predicted octanol–water partition coefficient (Wildman–Crippen LogP) is 3.05. The molecule has 1 aromatic carbocycles. The maximum Gasteiger partial charge on any atom is 0.322 e. The number of hydrogen-bond donors (Lipinski definition) is 3. The number of carbonyl (C=O) groups excluding carboxylic acids is 1. The number of aliphatic carboxylic acids is 1. The zero-order valence-electron chi connectivity index (χ0n) is 13.9. The fourth-order valence-electron chi connectivity index (χ4n) is 2.35. The Labute approximate surface area is 138 Å². The normalized spacial score (nSPS) is 11.9. The molecule has 0 saturated carbocycles. The molecule has 0 heterocycles. The van der Waals surface area contributed by atoms with Gasteiger partial charge in [-0.3, -0.25) is 15.0 Å². The van der Waals surface area contributed by atoms with Crippen molar-refractivity contribution >= 4 is 11.9 Å². The van der Waals surface area contributed by atoms with Crippen molar-refractivity contribution < 1.29 is 14.7 Å². The van der Waals surface area contributed by atoms with E-state index in [-0.39, 0.29) is 5.91 Å². The van der Waals surface area contributed by atoms with E-state index in [1.807, 2.05) is 30.3 Å². The lowest BCUT2D eigenvalue weighted by Crippen LogP contribution is -2.49. The monoisotopic (exact) mass is 320 g/mol. The molecule has 5 heteroatoms. The van der Waals surface area contributed by atoms with E-state index in [2.05, 4.69) is 17.8 Å². The number of hydrogen-bond acceptors (Lipinski definition) is 3. The summed E-state index contributed by atoms with van der Waals surface area (Å²) in [6.07, 6.45) is 7.46. The zero-order valence-corrected chi connectivity index (χ0v) is 13.9. The Morgan fingerprint density at radius 2 is 1.70 bits per heavy atom. The fourth-order valence-corrected chi connectivity index (χ4v) is 2.35. The first-order valence-corrected chi connectivity index (χ1v) is 8.44. The van der Waals surface area contributed by atoms with Gasteiger partial charge in [-0.05, 0) is 12.0 Å². The third kappa shape index (κ3) is 8.98. The highest BCUT2D eigenvalue weighted by Gasteiger charge is 2.18. The van der Waals surface area contributed by atoms with Gasteiger partial charge in [0.15, 0.2) is 0 Å². The third-order valence-electron chi connectivity index (χ3n) is 3.72. The van der Waals surface area contributed by atoms with Crippen LogP contribution in [0.25, 0.3) is 0 Å². The first-order valence-electron chi connectivity index (χ1n) is 8.44. The summed E-state index contributed by atoms with van der Waals surface area (Å²) in [6.45, 7) is 2.17. The van der Waals surface area contributed by atoms with Crippen molar-refractivity contribution in [2.24, 2.45) is 0 Å². The Morgan fingerprint density at radius 1 is 1.04 bits per heavy atom. The fraction of sp³-hybridized carbons (Fsp3) is 0.556. The van der Waals surface area contributed by atoms with Gasteiger partial charge in [-0.2, -0.15) is 0 Å². The molecule has 0 aliphatic carbocycles. The molecule has 0 aliphatic rings. The van der Waals surface area contributed by atoms with Crippen molar-refractivity contribution in [3.05, 3.63) is 35.9 Å². The van der Waals surface area contributed by atoms with Gasteiger partial charge in [0.05, 0.1) is 0 Å². The molecule has 1 unspecified atom stereocenters. The molecule has 0 bridgehead atoms. The minimum absolute atomic E-state index is 0.153. The van der Waals surface area contributed by atoms with E-state index in [1.165, 1.54) is 19.3 Å². The van der Waals surface area contributed by atoms with Crippen LogP contribution in [0.1, 0.15) is 57.4 Å². The maximum atomic E-state index is 11.7. The summed E-state index contributed by atoms with van der Waals surface area (Å²) in [5, 5.41) is 9.23. The average Bonchev–Trinajstić information content (AvgIpc) is 2.55. The Hall–Kier alpha value is -1.88. The van der Waals surface area contributed by atoms with Gasteiger partial charge in [0.25, 0.3) is 0 Å². The lowest BCUT2D eigenvalue weighted by Gasteiger charge is -2.15. The molecule has 3 N–H and O–H groups in total. The van der Waals surface area contributed by atoms with Crippen molar-refractivity contribution in [3.8, 4) is 0 Å². The Kier molecular flexibility index (Phi) is 9.71. The van der Waals surface area contributed by atoms with Gasteiger partial charge in [-0.1, -0.05) is 69.4 Å². The second-order valence-corrected chi connectivity index (χ2v) is 5.79. The highest BCUT2D eigenvalue weighted by Crippen LogP contribution is 2.07. The summed E-state index contributed by atoms with van der Waals surface area (Å²) in [5.41, 5.74) is 6.06. The molecule has 0 aliphatic heterocycles. The molecular formula is C18H28N2O3. The number of unbranched alkanes of at least 4 members (excludes halogenated alkanes) is 5. The van der Waals surface area contributed by atoms with Gasteiger partial charge in [0, 0.05) is 12.8 Å². The van der Waals surface area contributed by atoms with Gasteiger partial charge < -0.3 is 5.11 Å². The van der Waals surface area contributed by atoms with E-state index in [4.69, 9.17) is 0 Å². The summed E-state index contributed by atoms with van der Waals surface area (Å²) < 4.78 is 0. The van der Waals surface area contributed by atoms with Crippen molar-refractivity contribution in [3.63, 3.8) is 0 Å². The Balaban J connectivity index is 2.24. The number of carboxylic acid groups (broad SMARTS) is 1. The van der Waals surface area contributed by atoms with E-state index in [1.54, 1.807) is 0 Å². The molecule has 5 nitrogen and oxygen atoms in total. The number of nitrogens with one attached hydrogen (secondary N) is 2. The smallest absolute Gasteiger partial charge is 0.322 e. The van der Waals surface area contributed by atoms with Crippen molar-refractivity contribution in [2.45, 2.75) is 64.3 Å². The van der Waals surface area contributed by atoms with E-state index in [9.17, 15) is 14.7 Å². The molecule has 1 atom stereocenters. The minimum atomic E-state index is -0.978. The summed E-state index contributed by atoms with van der Waals surface area (Å²) in [5.74, 6) is -1.13. The van der Waals surface area contributed by atoms with Crippen LogP contribution in [0.15, 0.2) is 30.3 Å². The molecule has 1 amide bonds. The van der Waals surface area contributed by atoms with Crippen LogP contribution in [0.3, 0.4) is 0 Å². The molecule has 0 saturated heterocycles. The predicted molar refractivity (Wildman–Crippen MR) is 90.8 cm³/mol. The van der Waals surface area contributed by atoms with Crippen molar-refractivity contribution in [1.82, 2.24) is 10.9 Å². The molecule has 1 aromatic rings. The molecule has 0 spiro atoms. The second kappa shape index (κ2) is 11.7. The van der Waals surface area contributed by atoms with Crippen LogP contribution in [0.2, 0.25) is 0 Å². The van der Waals surface area contributed by atoms with Crippen LogP contribution >= 0.6 is 0 Å². The van der Waals surface area contributed by atoms with E-state index < -0.39 is 12.0 Å². The van der Waals surface area contributed by atoms with Crippen LogP contribution in [0.5, 0.6) is 0 Å². The topological polar surface area (TPSA) is 78.4 Å². The molecule has 0 aromatic heterocycles. The van der Waals surface area contributed by atoms with E-state index in [0.29, 0.717) is 12.8 Å².